The minimum absolute atomic E-state index is 0.00374. The van der Waals surface area contributed by atoms with Gasteiger partial charge >= 0.3 is 6.18 Å². The molecule has 0 aliphatic heterocycles. The van der Waals surface area contributed by atoms with Crippen molar-refractivity contribution in [1.82, 2.24) is 10.1 Å². The van der Waals surface area contributed by atoms with Crippen molar-refractivity contribution in [1.29, 1.82) is 5.26 Å². The Kier molecular flexibility index (Phi) is 4.50. The van der Waals surface area contributed by atoms with Gasteiger partial charge in [-0.1, -0.05) is 5.16 Å². The Balaban J connectivity index is 2.03. The zero-order chi connectivity index (χ0) is 16.2. The molecule has 2 rings (SSSR count). The van der Waals surface area contributed by atoms with Gasteiger partial charge in [-0.15, -0.1) is 0 Å². The van der Waals surface area contributed by atoms with Gasteiger partial charge in [-0.2, -0.15) is 23.4 Å². The second-order valence-corrected chi connectivity index (χ2v) is 4.32. The normalized spacial score (nSPS) is 11.0. The van der Waals surface area contributed by atoms with E-state index in [-0.39, 0.29) is 17.9 Å². The van der Waals surface area contributed by atoms with Crippen molar-refractivity contribution in [3.63, 3.8) is 0 Å². The standard InChI is InChI=1S/C13H11F3N4O2/c1-8-19-12(22-20-8)6-18-10-2-3-11(9(4-10)5-17)21-7-13(14,15)16/h2-4,18H,6-7H2,1H3. The van der Waals surface area contributed by atoms with E-state index in [1.54, 1.807) is 13.0 Å². The molecule has 0 bridgehead atoms. The summed E-state index contributed by atoms with van der Waals surface area (Å²) in [5.41, 5.74) is 0.516. The molecule has 116 valence electrons. The van der Waals surface area contributed by atoms with Crippen LogP contribution in [0, 0.1) is 18.3 Å². The van der Waals surface area contributed by atoms with E-state index in [0.29, 0.717) is 17.4 Å². The third-order valence-electron chi connectivity index (χ3n) is 2.50. The molecule has 6 nitrogen and oxygen atoms in total. The number of ether oxygens (including phenoxy) is 1. The number of benzene rings is 1. The third-order valence-corrected chi connectivity index (χ3v) is 2.50. The second kappa shape index (κ2) is 6.34. The molecule has 0 atom stereocenters. The SMILES string of the molecule is Cc1noc(CNc2ccc(OCC(F)(F)F)c(C#N)c2)n1. The molecule has 0 saturated heterocycles. The molecule has 0 aliphatic carbocycles. The van der Waals surface area contributed by atoms with Gasteiger partial charge in [0.2, 0.25) is 5.89 Å². The summed E-state index contributed by atoms with van der Waals surface area (Å²) < 4.78 is 45.9. The van der Waals surface area contributed by atoms with Crippen LogP contribution in [0.2, 0.25) is 0 Å². The average molecular weight is 312 g/mol. The van der Waals surface area contributed by atoms with E-state index in [4.69, 9.17) is 9.78 Å². The number of rotatable bonds is 5. The number of hydrogen-bond acceptors (Lipinski definition) is 6. The van der Waals surface area contributed by atoms with Gasteiger partial charge in [0.1, 0.15) is 11.8 Å². The maximum Gasteiger partial charge on any atom is 0.422 e. The quantitative estimate of drug-likeness (QED) is 0.914. The molecule has 22 heavy (non-hydrogen) atoms. The maximum absolute atomic E-state index is 12.1. The molecule has 1 aromatic heterocycles. The summed E-state index contributed by atoms with van der Waals surface area (Å²) in [4.78, 5) is 3.99. The van der Waals surface area contributed by atoms with Crippen molar-refractivity contribution in [3.05, 3.63) is 35.5 Å². The summed E-state index contributed by atoms with van der Waals surface area (Å²) in [6.07, 6.45) is -4.46. The van der Waals surface area contributed by atoms with Crippen molar-refractivity contribution in [2.75, 3.05) is 11.9 Å². The van der Waals surface area contributed by atoms with Crippen LogP contribution in [0.25, 0.3) is 0 Å². The van der Waals surface area contributed by atoms with Gasteiger partial charge < -0.3 is 14.6 Å². The highest BCUT2D eigenvalue weighted by atomic mass is 19.4. The lowest BCUT2D eigenvalue weighted by atomic mass is 10.2. The van der Waals surface area contributed by atoms with E-state index >= 15 is 0 Å². The number of nitrogens with one attached hydrogen (secondary N) is 1. The number of halogens is 3. The van der Waals surface area contributed by atoms with Gasteiger partial charge in [-0.3, -0.25) is 0 Å². The Morgan fingerprint density at radius 3 is 2.77 bits per heavy atom. The Bertz CT molecular complexity index is 691. The Hall–Kier alpha value is -2.76. The topological polar surface area (TPSA) is 84.0 Å². The average Bonchev–Trinajstić information content (AvgIpc) is 2.88. The molecule has 0 saturated carbocycles. The Morgan fingerprint density at radius 1 is 1.41 bits per heavy atom. The summed E-state index contributed by atoms with van der Waals surface area (Å²) in [7, 11) is 0. The lowest BCUT2D eigenvalue weighted by molar-refractivity contribution is -0.153. The first-order valence-electron chi connectivity index (χ1n) is 6.14. The van der Waals surface area contributed by atoms with Crippen LogP contribution in [-0.2, 0) is 6.54 Å². The van der Waals surface area contributed by atoms with E-state index in [2.05, 4.69) is 20.2 Å². The fourth-order valence-corrected chi connectivity index (χ4v) is 1.60. The fraction of sp³-hybridized carbons (Fsp3) is 0.308. The van der Waals surface area contributed by atoms with Crippen LogP contribution in [-0.4, -0.2) is 22.9 Å². The highest BCUT2D eigenvalue weighted by Crippen LogP contribution is 2.25. The van der Waals surface area contributed by atoms with Gasteiger partial charge in [0.15, 0.2) is 12.4 Å². The van der Waals surface area contributed by atoms with Gasteiger partial charge in [0.25, 0.3) is 0 Å². The van der Waals surface area contributed by atoms with Crippen LogP contribution in [0.1, 0.15) is 17.3 Å². The number of nitriles is 1. The summed E-state index contributed by atoms with van der Waals surface area (Å²) in [6, 6.07) is 5.97. The summed E-state index contributed by atoms with van der Waals surface area (Å²) >= 11 is 0. The van der Waals surface area contributed by atoms with Crippen LogP contribution >= 0.6 is 0 Å². The van der Waals surface area contributed by atoms with Crippen LogP contribution in [0.4, 0.5) is 18.9 Å². The number of aryl methyl sites for hydroxylation is 1. The van der Waals surface area contributed by atoms with Crippen LogP contribution < -0.4 is 10.1 Å². The van der Waals surface area contributed by atoms with Crippen molar-refractivity contribution < 1.29 is 22.4 Å². The predicted octanol–water partition coefficient (Wildman–Crippen LogP) is 2.80. The maximum atomic E-state index is 12.1. The van der Waals surface area contributed by atoms with Crippen molar-refractivity contribution in [2.24, 2.45) is 0 Å². The van der Waals surface area contributed by atoms with Crippen LogP contribution in [0.5, 0.6) is 5.75 Å². The van der Waals surface area contributed by atoms with Crippen molar-refractivity contribution in [2.45, 2.75) is 19.6 Å². The number of aromatic nitrogens is 2. The molecule has 0 fully saturated rings. The molecule has 0 spiro atoms. The number of nitrogens with zero attached hydrogens (tertiary/aromatic N) is 3. The molecule has 1 N–H and O–H groups in total. The van der Waals surface area contributed by atoms with Gasteiger partial charge in [-0.05, 0) is 25.1 Å². The number of alkyl halides is 3. The lowest BCUT2D eigenvalue weighted by Gasteiger charge is -2.11. The van der Waals surface area contributed by atoms with E-state index in [0.717, 1.165) is 0 Å². The summed E-state index contributed by atoms with van der Waals surface area (Å²) in [5.74, 6) is 0.720. The van der Waals surface area contributed by atoms with Crippen LogP contribution in [0.15, 0.2) is 22.7 Å². The van der Waals surface area contributed by atoms with E-state index in [1.807, 2.05) is 0 Å². The Labute approximate surface area is 123 Å². The molecule has 0 radical (unpaired) electrons. The Morgan fingerprint density at radius 2 is 2.18 bits per heavy atom. The van der Waals surface area contributed by atoms with E-state index in [9.17, 15) is 13.2 Å². The minimum Gasteiger partial charge on any atom is -0.483 e. The zero-order valence-electron chi connectivity index (χ0n) is 11.4. The van der Waals surface area contributed by atoms with Crippen LogP contribution in [0.3, 0.4) is 0 Å². The van der Waals surface area contributed by atoms with E-state index in [1.165, 1.54) is 18.2 Å². The first kappa shape index (κ1) is 15.6. The predicted molar refractivity (Wildman–Crippen MR) is 69.1 cm³/mol. The highest BCUT2D eigenvalue weighted by Gasteiger charge is 2.28. The summed E-state index contributed by atoms with van der Waals surface area (Å²) in [5, 5.41) is 15.5. The van der Waals surface area contributed by atoms with Gasteiger partial charge in [0, 0.05) is 5.69 Å². The van der Waals surface area contributed by atoms with Gasteiger partial charge in [-0.25, -0.2) is 0 Å². The van der Waals surface area contributed by atoms with Gasteiger partial charge in [0.05, 0.1) is 12.1 Å². The minimum atomic E-state index is -4.46. The van der Waals surface area contributed by atoms with Crippen molar-refractivity contribution in [3.8, 4) is 11.8 Å². The molecule has 2 aromatic rings. The largest absolute Gasteiger partial charge is 0.483 e. The fourth-order valence-electron chi connectivity index (χ4n) is 1.60. The number of hydrogen-bond donors (Lipinski definition) is 1. The van der Waals surface area contributed by atoms with Crippen molar-refractivity contribution >= 4 is 5.69 Å². The zero-order valence-corrected chi connectivity index (χ0v) is 11.4. The first-order chi connectivity index (χ1) is 10.4. The molecule has 0 aliphatic rings. The molecular formula is C13H11F3N4O2. The molecule has 9 heteroatoms. The van der Waals surface area contributed by atoms with E-state index < -0.39 is 12.8 Å². The monoisotopic (exact) mass is 312 g/mol. The third kappa shape index (κ3) is 4.37. The molecule has 0 unspecified atom stereocenters. The smallest absolute Gasteiger partial charge is 0.422 e. The molecule has 1 heterocycles. The molecule has 0 amide bonds. The lowest BCUT2D eigenvalue weighted by Crippen LogP contribution is -2.19. The molecular weight excluding hydrogens is 301 g/mol. The first-order valence-corrected chi connectivity index (χ1v) is 6.14. The number of anilines is 1. The summed E-state index contributed by atoms with van der Waals surface area (Å²) in [6.45, 7) is 0.456. The highest BCUT2D eigenvalue weighted by molar-refractivity contribution is 5.55. The second-order valence-electron chi connectivity index (χ2n) is 4.32. The molecule has 1 aromatic carbocycles.